The van der Waals surface area contributed by atoms with E-state index in [1.807, 2.05) is 0 Å². The zero-order valence-corrected chi connectivity index (χ0v) is 21.2. The Kier molecular flexibility index (Phi) is 6.49. The molecule has 194 valence electrons. The minimum absolute atomic E-state index is 0.0171. The molecule has 2 amide bonds. The number of carboxylic acids is 1. The molecule has 2 aliphatic rings. The Balaban J connectivity index is 1.85. The summed E-state index contributed by atoms with van der Waals surface area (Å²) in [5.74, 6) is -1.86. The molecule has 1 N–H and O–H groups in total. The summed E-state index contributed by atoms with van der Waals surface area (Å²) >= 11 is 0. The summed E-state index contributed by atoms with van der Waals surface area (Å²) in [6, 6.07) is 9.99. The van der Waals surface area contributed by atoms with Gasteiger partial charge in [-0.2, -0.15) is 0 Å². The number of alkyl halides is 1. The van der Waals surface area contributed by atoms with E-state index in [0.717, 1.165) is 23.8 Å². The number of aromatic nitrogens is 1. The maximum absolute atomic E-state index is 15.5. The van der Waals surface area contributed by atoms with E-state index >= 15 is 4.39 Å². The predicted octanol–water partition coefficient (Wildman–Crippen LogP) is 4.45. The van der Waals surface area contributed by atoms with Gasteiger partial charge in [0.15, 0.2) is 0 Å². The van der Waals surface area contributed by atoms with Gasteiger partial charge in [0.05, 0.1) is 36.1 Å². The smallest absolute Gasteiger partial charge is 0.335 e. The Labute approximate surface area is 214 Å². The first-order valence-corrected chi connectivity index (χ1v) is 12.4. The van der Waals surface area contributed by atoms with Gasteiger partial charge in [-0.1, -0.05) is 18.9 Å². The number of benzene rings is 2. The van der Waals surface area contributed by atoms with Crippen LogP contribution in [0.2, 0.25) is 0 Å². The molecular formula is C28H30FN3O5. The maximum atomic E-state index is 15.5. The lowest BCUT2D eigenvalue weighted by Crippen LogP contribution is -2.43. The number of hydrogen-bond donors (Lipinski definition) is 1. The number of halogens is 1. The number of ether oxygens (including phenoxy) is 1. The number of aromatic carboxylic acids is 1. The van der Waals surface area contributed by atoms with Crippen molar-refractivity contribution in [3.8, 4) is 17.0 Å². The van der Waals surface area contributed by atoms with Gasteiger partial charge < -0.3 is 19.3 Å². The van der Waals surface area contributed by atoms with Crippen LogP contribution in [0.15, 0.2) is 36.4 Å². The summed E-state index contributed by atoms with van der Waals surface area (Å²) in [4.78, 5) is 41.7. The van der Waals surface area contributed by atoms with Gasteiger partial charge >= 0.3 is 5.97 Å². The Morgan fingerprint density at radius 1 is 1.14 bits per heavy atom. The molecule has 1 aliphatic carbocycles. The zero-order valence-electron chi connectivity index (χ0n) is 21.2. The summed E-state index contributed by atoms with van der Waals surface area (Å²) in [7, 11) is 5.01. The number of carboxylic acid groups (broad SMARTS) is 1. The third kappa shape index (κ3) is 4.27. The molecule has 0 saturated heterocycles. The van der Waals surface area contributed by atoms with Crippen molar-refractivity contribution in [2.75, 3.05) is 32.6 Å². The molecule has 0 spiro atoms. The summed E-state index contributed by atoms with van der Waals surface area (Å²) in [6.45, 7) is -0.169. The number of methoxy groups -OCH3 is 1. The van der Waals surface area contributed by atoms with Gasteiger partial charge in [0.25, 0.3) is 5.91 Å². The molecule has 2 atom stereocenters. The largest absolute Gasteiger partial charge is 0.497 e. The molecule has 1 saturated carbocycles. The molecule has 0 radical (unpaired) electrons. The molecule has 1 aromatic heterocycles. The number of fused-ring (bicyclic) bond motifs is 5. The first-order chi connectivity index (χ1) is 17.7. The Morgan fingerprint density at radius 3 is 2.57 bits per heavy atom. The van der Waals surface area contributed by atoms with Crippen LogP contribution in [-0.4, -0.2) is 66.3 Å². The van der Waals surface area contributed by atoms with Crippen molar-refractivity contribution in [1.82, 2.24) is 9.47 Å². The molecule has 1 unspecified atom stereocenters. The van der Waals surface area contributed by atoms with Crippen molar-refractivity contribution in [3.63, 3.8) is 0 Å². The summed E-state index contributed by atoms with van der Waals surface area (Å²) in [6.07, 6.45) is 1.73. The molecule has 8 nitrogen and oxygen atoms in total. The molecule has 9 heteroatoms. The lowest BCUT2D eigenvalue weighted by Gasteiger charge is -2.28. The van der Waals surface area contributed by atoms with Gasteiger partial charge in [-0.25, -0.2) is 14.1 Å². The number of hydrogen-bond acceptors (Lipinski definition) is 5. The van der Waals surface area contributed by atoms with E-state index in [1.54, 1.807) is 47.8 Å². The van der Waals surface area contributed by atoms with E-state index in [4.69, 9.17) is 4.74 Å². The highest BCUT2D eigenvalue weighted by Crippen LogP contribution is 2.49. The van der Waals surface area contributed by atoms with Crippen LogP contribution >= 0.6 is 0 Å². The van der Waals surface area contributed by atoms with Crippen LogP contribution in [-0.2, 0) is 16.1 Å². The van der Waals surface area contributed by atoms with Crippen molar-refractivity contribution in [2.45, 2.75) is 44.3 Å². The average molecular weight is 508 g/mol. The molecule has 0 bridgehead atoms. The van der Waals surface area contributed by atoms with Crippen molar-refractivity contribution in [1.29, 1.82) is 0 Å². The van der Waals surface area contributed by atoms with E-state index in [0.29, 0.717) is 41.1 Å². The molecule has 1 fully saturated rings. The number of amides is 2. The van der Waals surface area contributed by atoms with Crippen molar-refractivity contribution in [3.05, 3.63) is 47.5 Å². The van der Waals surface area contributed by atoms with Crippen LogP contribution in [0.1, 0.15) is 47.5 Å². The second-order valence-corrected chi connectivity index (χ2v) is 10.0. The fourth-order valence-electron chi connectivity index (χ4n) is 5.73. The first-order valence-electron chi connectivity index (χ1n) is 12.4. The lowest BCUT2D eigenvalue weighted by molar-refractivity contribution is -0.127. The Morgan fingerprint density at radius 2 is 1.89 bits per heavy atom. The second kappa shape index (κ2) is 9.63. The number of imide groups is 1. The Hall–Kier alpha value is -3.72. The maximum Gasteiger partial charge on any atom is 0.335 e. The third-order valence-corrected chi connectivity index (χ3v) is 7.35. The van der Waals surface area contributed by atoms with Crippen LogP contribution in [0.25, 0.3) is 22.2 Å². The molecule has 2 heterocycles. The zero-order chi connectivity index (χ0) is 26.4. The molecule has 3 aromatic rings. The van der Waals surface area contributed by atoms with Gasteiger partial charge in [-0.3, -0.25) is 9.59 Å². The molecule has 5 rings (SSSR count). The fraction of sp³-hybridized carbons (Fsp3) is 0.393. The summed E-state index contributed by atoms with van der Waals surface area (Å²) in [5.41, 5.74) is 3.02. The van der Waals surface area contributed by atoms with E-state index < -0.39 is 29.9 Å². The molecule has 2 aromatic carbocycles. The van der Waals surface area contributed by atoms with Crippen LogP contribution in [0, 0.1) is 0 Å². The highest BCUT2D eigenvalue weighted by molar-refractivity contribution is 6.19. The SMILES string of the molecule is COc1ccc2c(c1)N(C(=O)CN(C)C)C(=O)Cn1c-2c(C2CCCC[C@@H]2F)c2ccc(C(=O)O)cc21. The van der Waals surface area contributed by atoms with Crippen LogP contribution < -0.4 is 9.64 Å². The van der Waals surface area contributed by atoms with Gasteiger partial charge in [0.1, 0.15) is 18.5 Å². The van der Waals surface area contributed by atoms with E-state index in [9.17, 15) is 19.5 Å². The topological polar surface area (TPSA) is 92.1 Å². The van der Waals surface area contributed by atoms with Gasteiger partial charge in [0.2, 0.25) is 5.91 Å². The number of nitrogens with zero attached hydrogens (tertiary/aromatic N) is 3. The van der Waals surface area contributed by atoms with Crippen molar-refractivity contribution in [2.24, 2.45) is 0 Å². The number of anilines is 1. The summed E-state index contributed by atoms with van der Waals surface area (Å²) in [5, 5.41) is 10.4. The number of rotatable bonds is 5. The normalized spacial score (nSPS) is 19.5. The van der Waals surface area contributed by atoms with Crippen molar-refractivity contribution >= 4 is 34.4 Å². The van der Waals surface area contributed by atoms with Crippen molar-refractivity contribution < 1.29 is 28.6 Å². The second-order valence-electron chi connectivity index (χ2n) is 10.0. The number of carbonyl (C=O) groups excluding carboxylic acids is 2. The minimum atomic E-state index is -1.09. The van der Waals surface area contributed by atoms with E-state index in [2.05, 4.69) is 0 Å². The monoisotopic (exact) mass is 507 g/mol. The Bertz CT molecular complexity index is 1410. The quantitative estimate of drug-likeness (QED) is 0.549. The van der Waals surface area contributed by atoms with Gasteiger partial charge in [-0.15, -0.1) is 0 Å². The average Bonchev–Trinajstić information content (AvgIpc) is 3.09. The van der Waals surface area contributed by atoms with E-state index in [-0.39, 0.29) is 18.7 Å². The molecular weight excluding hydrogens is 477 g/mol. The van der Waals surface area contributed by atoms with Crippen LogP contribution in [0.3, 0.4) is 0 Å². The minimum Gasteiger partial charge on any atom is -0.497 e. The number of carbonyl (C=O) groups is 3. The molecule has 37 heavy (non-hydrogen) atoms. The lowest BCUT2D eigenvalue weighted by atomic mass is 9.80. The first kappa shape index (κ1) is 25.0. The highest BCUT2D eigenvalue weighted by Gasteiger charge is 2.38. The van der Waals surface area contributed by atoms with Crippen LogP contribution in [0.4, 0.5) is 10.1 Å². The highest BCUT2D eigenvalue weighted by atomic mass is 19.1. The van der Waals surface area contributed by atoms with Gasteiger partial charge in [-0.05, 0) is 56.8 Å². The van der Waals surface area contributed by atoms with Gasteiger partial charge in [0, 0.05) is 22.9 Å². The fourth-order valence-corrected chi connectivity index (χ4v) is 5.73. The van der Waals surface area contributed by atoms with E-state index in [1.165, 1.54) is 24.1 Å². The third-order valence-electron chi connectivity index (χ3n) is 7.35. The predicted molar refractivity (Wildman–Crippen MR) is 138 cm³/mol. The van der Waals surface area contributed by atoms with Crippen LogP contribution in [0.5, 0.6) is 5.75 Å². The molecule has 1 aliphatic heterocycles. The number of likely N-dealkylation sites (N-methyl/N-ethyl adjacent to an activating group) is 1. The summed E-state index contributed by atoms with van der Waals surface area (Å²) < 4.78 is 22.7. The standard InChI is InChI=1S/C28H30FN3O5/c1-30(2)14-24(33)32-23-13-17(37-3)9-11-20(23)27-26(18-6-4-5-7-21(18)29)19-10-8-16(28(35)36)12-22(19)31(27)15-25(32)34/h8-13,18,21H,4-7,14-15H2,1-3H3,(H,35,36)/t18?,21-/m0/s1.